The van der Waals surface area contributed by atoms with Crippen molar-refractivity contribution in [1.29, 1.82) is 0 Å². The number of hydrogen-bond donors (Lipinski definition) is 2. The number of nitrogens with one attached hydrogen (secondary N) is 2. The molecule has 1 aromatic rings. The van der Waals surface area contributed by atoms with Crippen molar-refractivity contribution in [2.24, 2.45) is 0 Å². The van der Waals surface area contributed by atoms with Crippen LogP contribution in [0.3, 0.4) is 0 Å². The lowest BCUT2D eigenvalue weighted by molar-refractivity contribution is 0.361. The van der Waals surface area contributed by atoms with Crippen LogP contribution in [-0.2, 0) is 6.54 Å². The Hall–Kier alpha value is -0.830. The van der Waals surface area contributed by atoms with E-state index in [2.05, 4.69) is 22.2 Å². The van der Waals surface area contributed by atoms with Gasteiger partial charge in [0.1, 0.15) is 0 Å². The van der Waals surface area contributed by atoms with Gasteiger partial charge in [-0.3, -0.25) is 0 Å². The molecule has 2 rings (SSSR count). The van der Waals surface area contributed by atoms with Crippen LogP contribution < -0.4 is 5.32 Å². The number of imidazole rings is 1. The van der Waals surface area contributed by atoms with Gasteiger partial charge in [-0.2, -0.15) is 0 Å². The quantitative estimate of drug-likeness (QED) is 0.743. The lowest BCUT2D eigenvalue weighted by atomic mass is 10.0. The molecular weight excluding hydrogens is 162 g/mol. The maximum absolute atomic E-state index is 3.99. The summed E-state index contributed by atoms with van der Waals surface area (Å²) >= 11 is 0. The van der Waals surface area contributed by atoms with E-state index in [1.54, 1.807) is 6.33 Å². The molecule has 0 atom stereocenters. The van der Waals surface area contributed by atoms with Gasteiger partial charge in [-0.05, 0) is 19.8 Å². The first kappa shape index (κ1) is 8.75. The van der Waals surface area contributed by atoms with Gasteiger partial charge < -0.3 is 10.3 Å². The molecule has 1 aliphatic carbocycles. The molecule has 3 heteroatoms. The minimum Gasteiger partial charge on any atom is -0.347 e. The topological polar surface area (TPSA) is 40.7 Å². The van der Waals surface area contributed by atoms with E-state index in [9.17, 15) is 0 Å². The summed E-state index contributed by atoms with van der Waals surface area (Å²) in [6.45, 7) is 3.23. The van der Waals surface area contributed by atoms with Crippen LogP contribution in [0.15, 0.2) is 12.5 Å². The smallest absolute Gasteiger partial charge is 0.0922 e. The van der Waals surface area contributed by atoms with Crippen LogP contribution in [-0.4, -0.2) is 15.5 Å². The van der Waals surface area contributed by atoms with Gasteiger partial charge in [0.2, 0.25) is 0 Å². The van der Waals surface area contributed by atoms with Crippen molar-refractivity contribution >= 4 is 0 Å². The molecule has 0 aliphatic heterocycles. The third-order valence-electron chi connectivity index (χ3n) is 2.97. The molecule has 0 amide bonds. The number of nitrogens with zero attached hydrogens (tertiary/aromatic N) is 1. The fraction of sp³-hybridized carbons (Fsp3) is 0.700. The Morgan fingerprint density at radius 3 is 2.92 bits per heavy atom. The van der Waals surface area contributed by atoms with Crippen LogP contribution in [0.1, 0.15) is 38.3 Å². The first-order valence-electron chi connectivity index (χ1n) is 5.01. The van der Waals surface area contributed by atoms with Gasteiger partial charge in [0.05, 0.1) is 6.33 Å². The van der Waals surface area contributed by atoms with Crippen molar-refractivity contribution in [1.82, 2.24) is 15.3 Å². The van der Waals surface area contributed by atoms with Gasteiger partial charge in [0.25, 0.3) is 0 Å². The molecule has 1 fully saturated rings. The molecule has 1 saturated carbocycles. The molecule has 0 radical (unpaired) electrons. The zero-order chi connectivity index (χ0) is 9.15. The standard InChI is InChI=1S/C10H17N3/c1-10(4-2-3-5-10)13-7-9-6-11-8-12-9/h6,8,13H,2-5,7H2,1H3,(H,11,12). The Kier molecular flexibility index (Phi) is 2.36. The average molecular weight is 179 g/mol. The fourth-order valence-corrected chi connectivity index (χ4v) is 2.02. The van der Waals surface area contributed by atoms with E-state index in [1.165, 1.54) is 31.4 Å². The zero-order valence-electron chi connectivity index (χ0n) is 8.14. The van der Waals surface area contributed by atoms with Gasteiger partial charge in [-0.15, -0.1) is 0 Å². The van der Waals surface area contributed by atoms with E-state index >= 15 is 0 Å². The molecule has 0 aromatic carbocycles. The van der Waals surface area contributed by atoms with E-state index in [0.717, 1.165) is 6.54 Å². The Bertz CT molecular complexity index is 247. The molecule has 1 heterocycles. The molecule has 72 valence electrons. The summed E-state index contributed by atoms with van der Waals surface area (Å²) in [5, 5.41) is 3.59. The molecule has 1 aromatic heterocycles. The molecule has 0 spiro atoms. The first-order valence-corrected chi connectivity index (χ1v) is 5.01. The summed E-state index contributed by atoms with van der Waals surface area (Å²) in [5.74, 6) is 0. The number of rotatable bonds is 3. The Morgan fingerprint density at radius 2 is 2.31 bits per heavy atom. The maximum Gasteiger partial charge on any atom is 0.0922 e. The molecule has 1 aliphatic rings. The van der Waals surface area contributed by atoms with Crippen molar-refractivity contribution < 1.29 is 0 Å². The monoisotopic (exact) mass is 179 g/mol. The van der Waals surface area contributed by atoms with Gasteiger partial charge in [0, 0.05) is 24.0 Å². The maximum atomic E-state index is 3.99. The van der Waals surface area contributed by atoms with E-state index in [1.807, 2.05) is 6.20 Å². The van der Waals surface area contributed by atoms with Gasteiger partial charge in [0.15, 0.2) is 0 Å². The second kappa shape index (κ2) is 3.50. The minimum absolute atomic E-state index is 0.366. The normalized spacial score (nSPS) is 20.7. The van der Waals surface area contributed by atoms with Crippen LogP contribution in [0.4, 0.5) is 0 Å². The second-order valence-electron chi connectivity index (χ2n) is 4.20. The Balaban J connectivity index is 1.85. The van der Waals surface area contributed by atoms with Crippen LogP contribution in [0, 0.1) is 0 Å². The highest BCUT2D eigenvalue weighted by molar-refractivity contribution is 4.97. The fourth-order valence-electron chi connectivity index (χ4n) is 2.02. The lowest BCUT2D eigenvalue weighted by Crippen LogP contribution is -2.38. The molecule has 0 saturated heterocycles. The predicted octanol–water partition coefficient (Wildman–Crippen LogP) is 1.83. The number of H-pyrrole nitrogens is 1. The summed E-state index contributed by atoms with van der Waals surface area (Å²) in [7, 11) is 0. The first-order chi connectivity index (χ1) is 6.29. The van der Waals surface area contributed by atoms with Crippen molar-refractivity contribution in [3.8, 4) is 0 Å². The van der Waals surface area contributed by atoms with Crippen molar-refractivity contribution in [2.45, 2.75) is 44.7 Å². The summed E-state index contributed by atoms with van der Waals surface area (Å²) in [5.41, 5.74) is 1.54. The summed E-state index contributed by atoms with van der Waals surface area (Å²) in [6.07, 6.45) is 8.96. The van der Waals surface area contributed by atoms with Crippen molar-refractivity contribution in [2.75, 3.05) is 0 Å². The number of aromatic nitrogens is 2. The second-order valence-corrected chi connectivity index (χ2v) is 4.20. The molecule has 3 nitrogen and oxygen atoms in total. The molecular formula is C10H17N3. The predicted molar refractivity (Wildman–Crippen MR) is 52.3 cm³/mol. The lowest BCUT2D eigenvalue weighted by Gasteiger charge is -2.24. The van der Waals surface area contributed by atoms with Crippen LogP contribution in [0.5, 0.6) is 0 Å². The van der Waals surface area contributed by atoms with Crippen molar-refractivity contribution in [3.63, 3.8) is 0 Å². The third-order valence-corrected chi connectivity index (χ3v) is 2.97. The van der Waals surface area contributed by atoms with E-state index in [0.29, 0.717) is 5.54 Å². The summed E-state index contributed by atoms with van der Waals surface area (Å²) in [4.78, 5) is 7.10. The van der Waals surface area contributed by atoms with E-state index < -0.39 is 0 Å². The van der Waals surface area contributed by atoms with Crippen LogP contribution in [0.2, 0.25) is 0 Å². The Morgan fingerprint density at radius 1 is 1.54 bits per heavy atom. The van der Waals surface area contributed by atoms with Crippen LogP contribution >= 0.6 is 0 Å². The van der Waals surface area contributed by atoms with Crippen LogP contribution in [0.25, 0.3) is 0 Å². The van der Waals surface area contributed by atoms with Gasteiger partial charge in [-0.1, -0.05) is 12.8 Å². The average Bonchev–Trinajstić information content (AvgIpc) is 2.72. The molecule has 2 N–H and O–H groups in total. The van der Waals surface area contributed by atoms with Crippen molar-refractivity contribution in [3.05, 3.63) is 18.2 Å². The highest BCUT2D eigenvalue weighted by Crippen LogP contribution is 2.28. The largest absolute Gasteiger partial charge is 0.347 e. The van der Waals surface area contributed by atoms with E-state index in [4.69, 9.17) is 0 Å². The molecule has 0 unspecified atom stereocenters. The minimum atomic E-state index is 0.366. The molecule has 13 heavy (non-hydrogen) atoms. The SMILES string of the molecule is CC1(NCc2cnc[nH]2)CCCC1. The molecule has 0 bridgehead atoms. The van der Waals surface area contributed by atoms with Gasteiger partial charge in [-0.25, -0.2) is 4.98 Å². The highest BCUT2D eigenvalue weighted by Gasteiger charge is 2.27. The van der Waals surface area contributed by atoms with E-state index in [-0.39, 0.29) is 0 Å². The number of aromatic amines is 1. The zero-order valence-corrected chi connectivity index (χ0v) is 8.14. The summed E-state index contributed by atoms with van der Waals surface area (Å²) < 4.78 is 0. The Labute approximate surface area is 79.0 Å². The summed E-state index contributed by atoms with van der Waals surface area (Å²) in [6, 6.07) is 0. The highest BCUT2D eigenvalue weighted by atomic mass is 15.0. The third kappa shape index (κ3) is 2.10. The van der Waals surface area contributed by atoms with Gasteiger partial charge >= 0.3 is 0 Å². The number of hydrogen-bond acceptors (Lipinski definition) is 2.